The summed E-state index contributed by atoms with van der Waals surface area (Å²) < 4.78 is 53.3. The van der Waals surface area contributed by atoms with Crippen molar-refractivity contribution in [2.24, 2.45) is 5.92 Å². The Labute approximate surface area is 245 Å². The smallest absolute Gasteiger partial charge is 0.225 e. The third kappa shape index (κ3) is 5.80. The number of fused-ring (bicyclic) bond motifs is 1. The number of thiazole rings is 1. The van der Waals surface area contributed by atoms with Crippen molar-refractivity contribution in [2.45, 2.75) is 56.9 Å². The maximum Gasteiger partial charge on any atom is 0.225 e. The fourth-order valence-corrected chi connectivity index (χ4v) is 7.69. The minimum atomic E-state index is -3.40. The number of aliphatic hydroxyl groups excluding tert-OH is 2. The molecule has 0 aliphatic heterocycles. The Morgan fingerprint density at radius 1 is 1.07 bits per heavy atom. The van der Waals surface area contributed by atoms with E-state index < -0.39 is 45.6 Å². The second kappa shape index (κ2) is 11.1. The molecule has 10 nitrogen and oxygen atoms in total. The van der Waals surface area contributed by atoms with E-state index >= 15 is 0 Å². The van der Waals surface area contributed by atoms with E-state index in [0.29, 0.717) is 22.2 Å². The number of aryl methyl sites for hydroxylation is 1. The highest BCUT2D eigenvalue weighted by molar-refractivity contribution is 7.90. The average molecular weight is 617 g/mol. The van der Waals surface area contributed by atoms with Crippen LogP contribution in [0.4, 0.5) is 20.5 Å². The topological polar surface area (TPSA) is 150 Å². The summed E-state index contributed by atoms with van der Waals surface area (Å²) in [6.07, 6.45) is 2.66. The van der Waals surface area contributed by atoms with Gasteiger partial charge in [0.2, 0.25) is 5.95 Å². The lowest BCUT2D eigenvalue weighted by molar-refractivity contribution is 0.0216. The van der Waals surface area contributed by atoms with Crippen molar-refractivity contribution in [1.82, 2.24) is 19.9 Å². The standard InChI is InChI=1S/C28H30F2N6O4S2/c1-13-21(27-35-23-20(41-27)8-9-31-22(23)14-6-7-14)26(34-19-10-15(12-42(2,39)40)24(37)25(19)38)36-28(33-13)32-11-16-17(29)4-3-5-18(16)30/h3-5,8-9,14-15,19,24-25,37-38H,6-7,10-12H2,1-2H3,(H2,32,33,34,36)/t15-,19?,24-,25+/m1/s1. The van der Waals surface area contributed by atoms with E-state index in [2.05, 4.69) is 25.6 Å². The van der Waals surface area contributed by atoms with Crippen LogP contribution >= 0.6 is 11.3 Å². The molecular weight excluding hydrogens is 586 g/mol. The van der Waals surface area contributed by atoms with Gasteiger partial charge in [-0.3, -0.25) is 4.98 Å². The molecule has 0 spiro atoms. The molecule has 1 aromatic carbocycles. The normalized spacial score (nSPS) is 22.5. The van der Waals surface area contributed by atoms with Gasteiger partial charge in [0.05, 0.1) is 39.5 Å². The summed E-state index contributed by atoms with van der Waals surface area (Å²) in [4.78, 5) is 18.6. The van der Waals surface area contributed by atoms with Gasteiger partial charge in [-0.1, -0.05) is 6.07 Å². The Bertz CT molecular complexity index is 1740. The van der Waals surface area contributed by atoms with Crippen molar-refractivity contribution < 1.29 is 27.4 Å². The summed E-state index contributed by atoms with van der Waals surface area (Å²) in [7, 11) is -3.40. The molecule has 4 aromatic rings. The molecule has 2 aliphatic rings. The van der Waals surface area contributed by atoms with Crippen LogP contribution in [0, 0.1) is 24.5 Å². The number of halogens is 2. The number of hydrogen-bond donors (Lipinski definition) is 4. The summed E-state index contributed by atoms with van der Waals surface area (Å²) in [5.41, 5.74) is 2.68. The number of rotatable bonds is 9. The van der Waals surface area contributed by atoms with Crippen molar-refractivity contribution in [2.75, 3.05) is 22.6 Å². The molecule has 222 valence electrons. The second-order valence-corrected chi connectivity index (χ2v) is 14.3. The highest BCUT2D eigenvalue weighted by Crippen LogP contribution is 2.44. The van der Waals surface area contributed by atoms with Crippen LogP contribution in [0.5, 0.6) is 0 Å². The number of aliphatic hydroxyl groups is 2. The van der Waals surface area contributed by atoms with E-state index in [1.165, 1.54) is 29.5 Å². The predicted octanol–water partition coefficient (Wildman–Crippen LogP) is 3.79. The quantitative estimate of drug-likeness (QED) is 0.219. The molecule has 42 heavy (non-hydrogen) atoms. The van der Waals surface area contributed by atoms with E-state index in [9.17, 15) is 27.4 Å². The fraction of sp³-hybridized carbons (Fsp3) is 0.429. The summed E-state index contributed by atoms with van der Waals surface area (Å²) in [5.74, 6) is -1.60. The summed E-state index contributed by atoms with van der Waals surface area (Å²) in [5, 5.41) is 28.2. The number of sulfone groups is 1. The van der Waals surface area contributed by atoms with Crippen LogP contribution in [0.15, 0.2) is 30.5 Å². The molecule has 3 aromatic heterocycles. The van der Waals surface area contributed by atoms with Gasteiger partial charge in [-0.25, -0.2) is 27.2 Å². The average Bonchev–Trinajstić information content (AvgIpc) is 3.62. The van der Waals surface area contributed by atoms with Gasteiger partial charge in [0, 0.05) is 36.4 Å². The maximum atomic E-state index is 14.3. The first kappa shape index (κ1) is 28.8. The van der Waals surface area contributed by atoms with Crippen molar-refractivity contribution in [3.05, 3.63) is 59.0 Å². The zero-order valence-corrected chi connectivity index (χ0v) is 24.5. The van der Waals surface area contributed by atoms with E-state index in [1.807, 2.05) is 6.07 Å². The largest absolute Gasteiger partial charge is 0.390 e. The van der Waals surface area contributed by atoms with Gasteiger partial charge in [-0.15, -0.1) is 11.3 Å². The first-order valence-electron chi connectivity index (χ1n) is 13.6. The van der Waals surface area contributed by atoms with Crippen molar-refractivity contribution in [1.29, 1.82) is 0 Å². The first-order valence-corrected chi connectivity index (χ1v) is 16.5. The predicted molar refractivity (Wildman–Crippen MR) is 156 cm³/mol. The maximum absolute atomic E-state index is 14.3. The molecule has 0 radical (unpaired) electrons. The summed E-state index contributed by atoms with van der Waals surface area (Å²) in [6.45, 7) is 1.55. The summed E-state index contributed by atoms with van der Waals surface area (Å²) >= 11 is 1.44. The molecule has 4 N–H and O–H groups in total. The molecule has 0 saturated heterocycles. The molecule has 4 atom stereocenters. The monoisotopic (exact) mass is 616 g/mol. The van der Waals surface area contributed by atoms with Crippen LogP contribution in [-0.4, -0.2) is 68.8 Å². The zero-order chi connectivity index (χ0) is 29.8. The molecule has 2 fully saturated rings. The lowest BCUT2D eigenvalue weighted by Gasteiger charge is -2.21. The van der Waals surface area contributed by atoms with Crippen LogP contribution in [-0.2, 0) is 16.4 Å². The van der Waals surface area contributed by atoms with Gasteiger partial charge in [-0.05, 0) is 44.4 Å². The Morgan fingerprint density at radius 2 is 1.81 bits per heavy atom. The highest BCUT2D eigenvalue weighted by atomic mass is 32.2. The lowest BCUT2D eigenvalue weighted by atomic mass is 10.1. The Kier molecular flexibility index (Phi) is 7.58. The number of nitrogens with zero attached hydrogens (tertiary/aromatic N) is 4. The zero-order valence-electron chi connectivity index (χ0n) is 22.9. The lowest BCUT2D eigenvalue weighted by Crippen LogP contribution is -2.36. The molecule has 2 aliphatic carbocycles. The second-order valence-electron chi connectivity index (χ2n) is 11.1. The minimum Gasteiger partial charge on any atom is -0.390 e. The van der Waals surface area contributed by atoms with Crippen LogP contribution in [0.1, 0.15) is 42.1 Å². The minimum absolute atomic E-state index is 0.0866. The number of pyridine rings is 1. The fourth-order valence-electron chi connectivity index (χ4n) is 5.52. The molecule has 1 unspecified atom stereocenters. The van der Waals surface area contributed by atoms with Crippen molar-refractivity contribution >= 4 is 43.2 Å². The molecule has 0 amide bonds. The van der Waals surface area contributed by atoms with Gasteiger partial charge in [0.15, 0.2) is 0 Å². The summed E-state index contributed by atoms with van der Waals surface area (Å²) in [6, 6.07) is 4.79. The number of anilines is 2. The highest BCUT2D eigenvalue weighted by Gasteiger charge is 2.43. The molecule has 0 bridgehead atoms. The van der Waals surface area contributed by atoms with E-state index in [4.69, 9.17) is 4.98 Å². The third-order valence-electron chi connectivity index (χ3n) is 7.73. The van der Waals surface area contributed by atoms with E-state index in [0.717, 1.165) is 35.0 Å². The molecule has 2 saturated carbocycles. The van der Waals surface area contributed by atoms with Gasteiger partial charge in [-0.2, -0.15) is 4.98 Å². The van der Waals surface area contributed by atoms with Gasteiger partial charge in [0.25, 0.3) is 0 Å². The first-order chi connectivity index (χ1) is 20.0. The third-order valence-corrected chi connectivity index (χ3v) is 9.80. The number of aromatic nitrogens is 4. The SMILES string of the molecule is Cc1nc(NCc2c(F)cccc2F)nc(NC2C[C@H](CS(C)(=O)=O)[C@@H](O)[C@H]2O)c1-c1nc2c(C3CC3)nccc2s1. The number of benzene rings is 1. The van der Waals surface area contributed by atoms with Crippen LogP contribution in [0.2, 0.25) is 0 Å². The Balaban J connectivity index is 1.38. The van der Waals surface area contributed by atoms with Gasteiger partial charge < -0.3 is 20.8 Å². The number of nitrogens with one attached hydrogen (secondary N) is 2. The van der Waals surface area contributed by atoms with Gasteiger partial charge >= 0.3 is 0 Å². The molecular formula is C28H30F2N6O4S2. The van der Waals surface area contributed by atoms with Crippen LogP contribution in [0.25, 0.3) is 20.8 Å². The van der Waals surface area contributed by atoms with Gasteiger partial charge in [0.1, 0.15) is 43.9 Å². The Morgan fingerprint density at radius 3 is 2.50 bits per heavy atom. The van der Waals surface area contributed by atoms with Crippen molar-refractivity contribution in [3.63, 3.8) is 0 Å². The molecule has 14 heteroatoms. The Hall–Kier alpha value is -3.33. The van der Waals surface area contributed by atoms with Crippen molar-refractivity contribution in [3.8, 4) is 10.6 Å². The van der Waals surface area contributed by atoms with E-state index in [1.54, 1.807) is 13.1 Å². The van der Waals surface area contributed by atoms with Crippen LogP contribution < -0.4 is 10.6 Å². The molecule has 3 heterocycles. The van der Waals surface area contributed by atoms with E-state index in [-0.39, 0.29) is 36.0 Å². The molecule has 6 rings (SSSR count). The number of hydrogen-bond acceptors (Lipinski definition) is 11. The van der Waals surface area contributed by atoms with Crippen LogP contribution in [0.3, 0.4) is 0 Å².